The summed E-state index contributed by atoms with van der Waals surface area (Å²) in [5.41, 5.74) is 1.02. The van der Waals surface area contributed by atoms with Gasteiger partial charge in [-0.25, -0.2) is 8.78 Å². The van der Waals surface area contributed by atoms with Gasteiger partial charge in [-0.3, -0.25) is 0 Å². The Morgan fingerprint density at radius 1 is 1.00 bits per heavy atom. The Bertz CT molecular complexity index is 688. The monoisotopic (exact) mass is 336 g/mol. The molecule has 0 saturated carbocycles. The van der Waals surface area contributed by atoms with E-state index >= 15 is 0 Å². The molecule has 0 bridgehead atoms. The third-order valence-corrected chi connectivity index (χ3v) is 4.20. The maximum atomic E-state index is 13.9. The molecule has 5 heteroatoms. The van der Waals surface area contributed by atoms with E-state index in [1.54, 1.807) is 20.3 Å². The highest BCUT2D eigenvalue weighted by atomic mass is 19.1. The zero-order valence-corrected chi connectivity index (χ0v) is 14.1. The molecular weight excluding hydrogens is 314 g/mol. The summed E-state index contributed by atoms with van der Waals surface area (Å²) in [5.74, 6) is -0.0970. The van der Waals surface area contributed by atoms with E-state index in [1.807, 2.05) is 19.1 Å². The molecule has 0 spiro atoms. The third-order valence-electron chi connectivity index (χ3n) is 4.20. The Morgan fingerprint density at radius 3 is 2.29 bits per heavy atom. The molecule has 1 N–H and O–H groups in total. The normalized spacial score (nSPS) is 13.4. The first-order valence-corrected chi connectivity index (χ1v) is 7.85. The topological polar surface area (TPSA) is 38.7 Å². The standard InChI is InChI=1S/C19H22F2O3/c1-4-12(15-8-6-14(23-2)11-19(15)24-3)9-18(22)16-7-5-13(20)10-17(16)21/h5-8,10-12,18,22H,4,9H2,1-3H3. The Kier molecular flexibility index (Phi) is 6.15. The number of hydrogen-bond acceptors (Lipinski definition) is 3. The molecule has 0 aliphatic rings. The maximum absolute atomic E-state index is 13.9. The average molecular weight is 336 g/mol. The van der Waals surface area contributed by atoms with Gasteiger partial charge in [-0.2, -0.15) is 0 Å². The van der Waals surface area contributed by atoms with Gasteiger partial charge in [-0.05, 0) is 36.5 Å². The van der Waals surface area contributed by atoms with Crippen molar-refractivity contribution in [2.45, 2.75) is 31.8 Å². The van der Waals surface area contributed by atoms with E-state index < -0.39 is 17.7 Å². The highest BCUT2D eigenvalue weighted by molar-refractivity contribution is 5.43. The Balaban J connectivity index is 2.25. The van der Waals surface area contributed by atoms with Crippen molar-refractivity contribution in [2.24, 2.45) is 0 Å². The number of aliphatic hydroxyl groups is 1. The fourth-order valence-electron chi connectivity index (χ4n) is 2.84. The van der Waals surface area contributed by atoms with E-state index in [0.717, 1.165) is 24.1 Å². The lowest BCUT2D eigenvalue weighted by atomic mass is 9.88. The molecule has 24 heavy (non-hydrogen) atoms. The number of aliphatic hydroxyl groups excluding tert-OH is 1. The van der Waals surface area contributed by atoms with E-state index in [2.05, 4.69) is 0 Å². The van der Waals surface area contributed by atoms with E-state index in [1.165, 1.54) is 6.07 Å². The summed E-state index contributed by atoms with van der Waals surface area (Å²) >= 11 is 0. The SMILES string of the molecule is CCC(CC(O)c1ccc(F)cc1F)c1ccc(OC)cc1OC. The van der Waals surface area contributed by atoms with Crippen LogP contribution in [0.2, 0.25) is 0 Å². The van der Waals surface area contributed by atoms with Gasteiger partial charge in [0.2, 0.25) is 0 Å². The lowest BCUT2D eigenvalue weighted by molar-refractivity contribution is 0.151. The second kappa shape index (κ2) is 8.11. The molecule has 0 aromatic heterocycles. The Hall–Kier alpha value is -2.14. The smallest absolute Gasteiger partial charge is 0.131 e. The van der Waals surface area contributed by atoms with Crippen LogP contribution in [0.15, 0.2) is 36.4 Å². The van der Waals surface area contributed by atoms with Gasteiger partial charge in [0.25, 0.3) is 0 Å². The molecule has 0 aliphatic heterocycles. The first-order chi connectivity index (χ1) is 11.5. The lowest BCUT2D eigenvalue weighted by Crippen LogP contribution is -2.09. The van der Waals surface area contributed by atoms with Crippen molar-refractivity contribution >= 4 is 0 Å². The van der Waals surface area contributed by atoms with Crippen molar-refractivity contribution in [3.63, 3.8) is 0 Å². The van der Waals surface area contributed by atoms with Gasteiger partial charge in [-0.15, -0.1) is 0 Å². The molecule has 130 valence electrons. The van der Waals surface area contributed by atoms with Crippen LogP contribution in [0.4, 0.5) is 8.78 Å². The summed E-state index contributed by atoms with van der Waals surface area (Å²) in [7, 11) is 3.15. The predicted molar refractivity (Wildman–Crippen MR) is 88.5 cm³/mol. The average Bonchev–Trinajstić information content (AvgIpc) is 2.58. The molecular formula is C19H22F2O3. The maximum Gasteiger partial charge on any atom is 0.131 e. The summed E-state index contributed by atoms with van der Waals surface area (Å²) in [6.07, 6.45) is 0.0203. The van der Waals surface area contributed by atoms with E-state index in [0.29, 0.717) is 17.9 Å². The molecule has 3 nitrogen and oxygen atoms in total. The quantitative estimate of drug-likeness (QED) is 0.803. The van der Waals surface area contributed by atoms with Crippen LogP contribution in [0.1, 0.15) is 42.9 Å². The van der Waals surface area contributed by atoms with Crippen LogP contribution in [-0.2, 0) is 0 Å². The van der Waals surface area contributed by atoms with E-state index in [9.17, 15) is 13.9 Å². The predicted octanol–water partition coefficient (Wildman–Crippen LogP) is 4.60. The van der Waals surface area contributed by atoms with Gasteiger partial charge in [0, 0.05) is 17.7 Å². The van der Waals surface area contributed by atoms with Crippen LogP contribution in [-0.4, -0.2) is 19.3 Å². The molecule has 0 fully saturated rings. The first-order valence-electron chi connectivity index (χ1n) is 7.85. The molecule has 0 heterocycles. The molecule has 2 aromatic rings. The summed E-state index contributed by atoms with van der Waals surface area (Å²) in [6, 6.07) is 8.71. The van der Waals surface area contributed by atoms with Crippen molar-refractivity contribution in [1.82, 2.24) is 0 Å². The van der Waals surface area contributed by atoms with Crippen molar-refractivity contribution in [2.75, 3.05) is 14.2 Å². The van der Waals surface area contributed by atoms with Crippen LogP contribution in [0.25, 0.3) is 0 Å². The molecule has 0 amide bonds. The van der Waals surface area contributed by atoms with Crippen molar-refractivity contribution in [1.29, 1.82) is 0 Å². The molecule has 2 rings (SSSR count). The summed E-state index contributed by atoms with van der Waals surface area (Å²) in [5, 5.41) is 10.4. The van der Waals surface area contributed by atoms with Gasteiger partial charge in [0.1, 0.15) is 23.1 Å². The zero-order valence-electron chi connectivity index (χ0n) is 14.1. The minimum absolute atomic E-state index is 0.0368. The second-order valence-electron chi connectivity index (χ2n) is 5.63. The number of rotatable bonds is 7. The van der Waals surface area contributed by atoms with Crippen LogP contribution >= 0.6 is 0 Å². The number of halogens is 2. The molecule has 0 aliphatic carbocycles. The van der Waals surface area contributed by atoms with E-state index in [-0.39, 0.29) is 11.5 Å². The summed E-state index contributed by atoms with van der Waals surface area (Å²) in [6.45, 7) is 1.99. The summed E-state index contributed by atoms with van der Waals surface area (Å²) < 4.78 is 37.5. The molecule has 2 aromatic carbocycles. The highest BCUT2D eigenvalue weighted by Gasteiger charge is 2.22. The zero-order chi connectivity index (χ0) is 17.7. The first kappa shape index (κ1) is 18.2. The lowest BCUT2D eigenvalue weighted by Gasteiger charge is -2.22. The van der Waals surface area contributed by atoms with Gasteiger partial charge >= 0.3 is 0 Å². The molecule has 0 radical (unpaired) electrons. The Labute approximate surface area is 140 Å². The Morgan fingerprint density at radius 2 is 1.71 bits per heavy atom. The molecule has 2 unspecified atom stereocenters. The molecule has 0 saturated heterocycles. The van der Waals surface area contributed by atoms with Crippen molar-refractivity contribution in [3.05, 3.63) is 59.2 Å². The van der Waals surface area contributed by atoms with E-state index in [4.69, 9.17) is 9.47 Å². The van der Waals surface area contributed by atoms with Crippen LogP contribution < -0.4 is 9.47 Å². The van der Waals surface area contributed by atoms with Crippen LogP contribution in [0.5, 0.6) is 11.5 Å². The second-order valence-corrected chi connectivity index (χ2v) is 5.63. The van der Waals surface area contributed by atoms with Crippen molar-refractivity contribution in [3.8, 4) is 11.5 Å². The van der Waals surface area contributed by atoms with Crippen LogP contribution in [0.3, 0.4) is 0 Å². The van der Waals surface area contributed by atoms with Crippen molar-refractivity contribution < 1.29 is 23.4 Å². The highest BCUT2D eigenvalue weighted by Crippen LogP contribution is 2.37. The number of hydrogen-bond donors (Lipinski definition) is 1. The van der Waals surface area contributed by atoms with Crippen LogP contribution in [0, 0.1) is 11.6 Å². The van der Waals surface area contributed by atoms with Gasteiger partial charge in [0.05, 0.1) is 20.3 Å². The number of methoxy groups -OCH3 is 2. The minimum atomic E-state index is -1.03. The van der Waals surface area contributed by atoms with Gasteiger partial charge in [-0.1, -0.05) is 19.1 Å². The third kappa shape index (κ3) is 4.03. The summed E-state index contributed by atoms with van der Waals surface area (Å²) in [4.78, 5) is 0. The number of ether oxygens (including phenoxy) is 2. The molecule has 2 atom stereocenters. The largest absolute Gasteiger partial charge is 0.497 e. The fraction of sp³-hybridized carbons (Fsp3) is 0.368. The van der Waals surface area contributed by atoms with Gasteiger partial charge < -0.3 is 14.6 Å². The number of benzene rings is 2. The fourth-order valence-corrected chi connectivity index (χ4v) is 2.84. The van der Waals surface area contributed by atoms with Gasteiger partial charge in [0.15, 0.2) is 0 Å². The minimum Gasteiger partial charge on any atom is -0.497 e.